The van der Waals surface area contributed by atoms with E-state index in [4.69, 9.17) is 11.6 Å². The molecule has 1 saturated heterocycles. The minimum Gasteiger partial charge on any atom is -0.339 e. The Morgan fingerprint density at radius 3 is 3.05 bits per heavy atom. The fourth-order valence-electron chi connectivity index (χ4n) is 2.32. The van der Waals surface area contributed by atoms with E-state index < -0.39 is 0 Å². The van der Waals surface area contributed by atoms with Crippen molar-refractivity contribution < 1.29 is 4.79 Å². The van der Waals surface area contributed by atoms with E-state index in [1.54, 1.807) is 0 Å². The van der Waals surface area contributed by atoms with Gasteiger partial charge in [0.2, 0.25) is 5.91 Å². The molecule has 1 aliphatic rings. The van der Waals surface area contributed by atoms with Crippen molar-refractivity contribution >= 4 is 29.3 Å². The zero-order valence-corrected chi connectivity index (χ0v) is 13.3. The molecule has 1 aliphatic heterocycles. The molecule has 1 aromatic carbocycles. The largest absolute Gasteiger partial charge is 0.339 e. The van der Waals surface area contributed by atoms with Gasteiger partial charge in [-0.15, -0.1) is 0 Å². The third-order valence-corrected chi connectivity index (χ3v) is 4.78. The van der Waals surface area contributed by atoms with Crippen molar-refractivity contribution in [2.75, 3.05) is 24.6 Å². The molecular formula is C15H21ClN2OS. The number of hydrogen-bond acceptors (Lipinski definition) is 3. The Labute approximate surface area is 130 Å². The molecule has 0 spiro atoms. The van der Waals surface area contributed by atoms with Crippen molar-refractivity contribution in [2.24, 2.45) is 0 Å². The molecule has 1 fully saturated rings. The van der Waals surface area contributed by atoms with Crippen LogP contribution in [0.2, 0.25) is 5.02 Å². The maximum atomic E-state index is 12.4. The number of carbonyl (C=O) groups excluding carboxylic acids is 1. The molecule has 0 bridgehead atoms. The summed E-state index contributed by atoms with van der Waals surface area (Å²) in [6.07, 6.45) is 0.585. The predicted molar refractivity (Wildman–Crippen MR) is 86.3 cm³/mol. The average Bonchev–Trinajstić information content (AvgIpc) is 2.46. The third-order valence-electron chi connectivity index (χ3n) is 3.42. The van der Waals surface area contributed by atoms with E-state index in [0.717, 1.165) is 35.2 Å². The second-order valence-corrected chi connectivity index (χ2v) is 6.55. The normalized spacial score (nSPS) is 18.8. The highest BCUT2D eigenvalue weighted by molar-refractivity contribution is 7.99. The number of thioether (sulfide) groups is 1. The van der Waals surface area contributed by atoms with Crippen molar-refractivity contribution in [3.63, 3.8) is 0 Å². The molecule has 110 valence electrons. The van der Waals surface area contributed by atoms with Gasteiger partial charge in [0.15, 0.2) is 0 Å². The van der Waals surface area contributed by atoms with Gasteiger partial charge in [0.05, 0.1) is 0 Å². The number of amides is 1. The van der Waals surface area contributed by atoms with Crippen molar-refractivity contribution in [2.45, 2.75) is 25.9 Å². The summed E-state index contributed by atoms with van der Waals surface area (Å²) in [5.74, 6) is 2.39. The Morgan fingerprint density at radius 1 is 1.55 bits per heavy atom. The van der Waals surface area contributed by atoms with Gasteiger partial charge in [-0.1, -0.05) is 23.7 Å². The van der Waals surface area contributed by atoms with Crippen LogP contribution >= 0.6 is 23.4 Å². The zero-order valence-electron chi connectivity index (χ0n) is 11.8. The lowest BCUT2D eigenvalue weighted by Gasteiger charge is -2.27. The summed E-state index contributed by atoms with van der Waals surface area (Å²) in [4.78, 5) is 14.3. The van der Waals surface area contributed by atoms with Crippen LogP contribution in [0, 0.1) is 0 Å². The van der Waals surface area contributed by atoms with Crippen molar-refractivity contribution in [1.29, 1.82) is 0 Å². The first kappa shape index (κ1) is 15.7. The monoisotopic (exact) mass is 312 g/mol. The molecular weight excluding hydrogens is 292 g/mol. The smallest absolute Gasteiger partial charge is 0.224 e. The van der Waals surface area contributed by atoms with Crippen LogP contribution in [0.3, 0.4) is 0 Å². The van der Waals surface area contributed by atoms with Gasteiger partial charge < -0.3 is 10.2 Å². The first-order valence-electron chi connectivity index (χ1n) is 7.02. The van der Waals surface area contributed by atoms with Crippen LogP contribution in [-0.4, -0.2) is 41.4 Å². The van der Waals surface area contributed by atoms with E-state index in [9.17, 15) is 4.79 Å². The molecule has 0 saturated carbocycles. The maximum Gasteiger partial charge on any atom is 0.224 e. The SMILES string of the molecule is CCN(Cc1cccc(Cl)c1)C(=O)CC1CSCCN1. The molecule has 2 rings (SSSR count). The Morgan fingerprint density at radius 2 is 2.40 bits per heavy atom. The molecule has 1 amide bonds. The standard InChI is InChI=1S/C15H21ClN2OS/c1-2-18(10-12-4-3-5-13(16)8-12)15(19)9-14-11-20-7-6-17-14/h3-5,8,14,17H,2,6-7,9-11H2,1H3. The van der Waals surface area contributed by atoms with Crippen LogP contribution in [-0.2, 0) is 11.3 Å². The van der Waals surface area contributed by atoms with Crippen LogP contribution in [0.5, 0.6) is 0 Å². The molecule has 20 heavy (non-hydrogen) atoms. The van der Waals surface area contributed by atoms with Crippen LogP contribution in [0.4, 0.5) is 0 Å². The summed E-state index contributed by atoms with van der Waals surface area (Å²) in [7, 11) is 0. The highest BCUT2D eigenvalue weighted by Crippen LogP contribution is 2.15. The van der Waals surface area contributed by atoms with Gasteiger partial charge in [0.1, 0.15) is 0 Å². The number of halogens is 1. The van der Waals surface area contributed by atoms with Crippen LogP contribution in [0.15, 0.2) is 24.3 Å². The molecule has 3 nitrogen and oxygen atoms in total. The summed E-state index contributed by atoms with van der Waals surface area (Å²) in [6.45, 7) is 4.38. The molecule has 1 N–H and O–H groups in total. The maximum absolute atomic E-state index is 12.4. The average molecular weight is 313 g/mol. The van der Waals surface area contributed by atoms with Crippen LogP contribution < -0.4 is 5.32 Å². The topological polar surface area (TPSA) is 32.3 Å². The second kappa shape index (κ2) is 7.91. The minimum absolute atomic E-state index is 0.215. The molecule has 0 aromatic heterocycles. The van der Waals surface area contributed by atoms with Crippen molar-refractivity contribution in [1.82, 2.24) is 10.2 Å². The first-order chi connectivity index (χ1) is 9.69. The summed E-state index contributed by atoms with van der Waals surface area (Å²) in [5.41, 5.74) is 1.08. The van der Waals surface area contributed by atoms with Gasteiger partial charge in [0.25, 0.3) is 0 Å². The van der Waals surface area contributed by atoms with Gasteiger partial charge in [-0.05, 0) is 24.6 Å². The van der Waals surface area contributed by atoms with Crippen LogP contribution in [0.25, 0.3) is 0 Å². The fourth-order valence-corrected chi connectivity index (χ4v) is 3.48. The lowest BCUT2D eigenvalue weighted by molar-refractivity contribution is -0.132. The Hall–Kier alpha value is -0.710. The van der Waals surface area contributed by atoms with Crippen molar-refractivity contribution in [3.8, 4) is 0 Å². The zero-order chi connectivity index (χ0) is 14.4. The molecule has 0 radical (unpaired) electrons. The van der Waals surface area contributed by atoms with E-state index in [0.29, 0.717) is 19.0 Å². The summed E-state index contributed by atoms with van der Waals surface area (Å²) < 4.78 is 0. The Bertz CT molecular complexity index is 449. The lowest BCUT2D eigenvalue weighted by atomic mass is 10.1. The van der Waals surface area contributed by atoms with Gasteiger partial charge in [-0.3, -0.25) is 4.79 Å². The summed E-state index contributed by atoms with van der Waals surface area (Å²) >= 11 is 7.91. The molecule has 1 aromatic rings. The lowest BCUT2D eigenvalue weighted by Crippen LogP contribution is -2.42. The van der Waals surface area contributed by atoms with E-state index in [-0.39, 0.29) is 5.91 Å². The molecule has 1 atom stereocenters. The molecule has 1 heterocycles. The number of hydrogen-bond donors (Lipinski definition) is 1. The van der Waals surface area contributed by atoms with E-state index >= 15 is 0 Å². The minimum atomic E-state index is 0.215. The molecule has 5 heteroatoms. The Kier molecular flexibility index (Phi) is 6.20. The van der Waals surface area contributed by atoms with Crippen LogP contribution in [0.1, 0.15) is 18.9 Å². The van der Waals surface area contributed by atoms with Gasteiger partial charge >= 0.3 is 0 Å². The van der Waals surface area contributed by atoms with E-state index in [2.05, 4.69) is 5.32 Å². The number of benzene rings is 1. The van der Waals surface area contributed by atoms with Gasteiger partial charge in [0, 0.05) is 48.6 Å². The van der Waals surface area contributed by atoms with E-state index in [1.807, 2.05) is 47.9 Å². The quantitative estimate of drug-likeness (QED) is 0.907. The Balaban J connectivity index is 1.91. The fraction of sp³-hybridized carbons (Fsp3) is 0.533. The number of nitrogens with zero attached hydrogens (tertiary/aromatic N) is 1. The third kappa shape index (κ3) is 4.69. The highest BCUT2D eigenvalue weighted by Gasteiger charge is 2.20. The first-order valence-corrected chi connectivity index (χ1v) is 8.55. The van der Waals surface area contributed by atoms with Gasteiger partial charge in [-0.2, -0.15) is 11.8 Å². The molecule has 0 aliphatic carbocycles. The predicted octanol–water partition coefficient (Wildman–Crippen LogP) is 2.78. The number of carbonyl (C=O) groups is 1. The highest BCUT2D eigenvalue weighted by atomic mass is 35.5. The number of rotatable bonds is 5. The van der Waals surface area contributed by atoms with Crippen molar-refractivity contribution in [3.05, 3.63) is 34.9 Å². The summed E-state index contributed by atoms with van der Waals surface area (Å²) in [6, 6.07) is 8.03. The second-order valence-electron chi connectivity index (χ2n) is 4.97. The number of nitrogens with one attached hydrogen (secondary N) is 1. The van der Waals surface area contributed by atoms with E-state index in [1.165, 1.54) is 0 Å². The van der Waals surface area contributed by atoms with Gasteiger partial charge in [-0.25, -0.2) is 0 Å². The summed E-state index contributed by atoms with van der Waals surface area (Å²) in [5, 5.41) is 4.13. The molecule has 1 unspecified atom stereocenters.